The van der Waals surface area contributed by atoms with Crippen molar-refractivity contribution in [2.45, 2.75) is 44.7 Å². The molecule has 1 aliphatic carbocycles. The summed E-state index contributed by atoms with van der Waals surface area (Å²) in [7, 11) is 1.51. The Kier molecular flexibility index (Phi) is 5.12. The summed E-state index contributed by atoms with van der Waals surface area (Å²) in [6.07, 6.45) is 3.20. The summed E-state index contributed by atoms with van der Waals surface area (Å²) >= 11 is 0. The summed E-state index contributed by atoms with van der Waals surface area (Å²) < 4.78 is 12.2. The molecule has 1 aliphatic heterocycles. The van der Waals surface area contributed by atoms with Crippen molar-refractivity contribution in [3.8, 4) is 0 Å². The number of ether oxygens (including phenoxy) is 1. The van der Waals surface area contributed by atoms with Crippen molar-refractivity contribution in [3.05, 3.63) is 29.7 Å². The van der Waals surface area contributed by atoms with Crippen LogP contribution in [-0.2, 0) is 26.3 Å². The quantitative estimate of drug-likeness (QED) is 0.734. The third-order valence-electron chi connectivity index (χ3n) is 5.89. The molecule has 2 amide bonds. The molecule has 3 heterocycles. The monoisotopic (exact) mass is 402 g/mol. The number of hydrogen-bond acceptors (Lipinski definition) is 7. The molecule has 0 aromatic carbocycles. The van der Waals surface area contributed by atoms with E-state index < -0.39 is 5.41 Å². The molecule has 2 aromatic rings. The molecule has 2 aliphatic rings. The van der Waals surface area contributed by atoms with Crippen LogP contribution in [0.1, 0.15) is 30.3 Å². The average Bonchev–Trinajstić information content (AvgIpc) is 3.39. The molecular weight excluding hydrogens is 376 g/mol. The van der Waals surface area contributed by atoms with Crippen molar-refractivity contribution in [3.63, 3.8) is 0 Å². The van der Waals surface area contributed by atoms with Crippen molar-refractivity contribution in [2.75, 3.05) is 26.8 Å². The van der Waals surface area contributed by atoms with E-state index in [0.29, 0.717) is 31.2 Å². The Hall–Kier alpha value is -2.75. The Morgan fingerprint density at radius 1 is 1.41 bits per heavy atom. The molecule has 3 atom stereocenters. The Labute approximate surface area is 168 Å². The molecule has 2 fully saturated rings. The minimum atomic E-state index is -0.440. The van der Waals surface area contributed by atoms with Gasteiger partial charge in [0.15, 0.2) is 5.82 Å². The fourth-order valence-electron chi connectivity index (χ4n) is 4.69. The first-order chi connectivity index (χ1) is 13.9. The summed E-state index contributed by atoms with van der Waals surface area (Å²) in [5.41, 5.74) is 0.435. The number of nitrogens with one attached hydrogen (secondary N) is 1. The predicted molar refractivity (Wildman–Crippen MR) is 101 cm³/mol. The highest BCUT2D eigenvalue weighted by Crippen LogP contribution is 2.50. The van der Waals surface area contributed by atoms with Crippen LogP contribution in [0.2, 0.25) is 0 Å². The summed E-state index contributed by atoms with van der Waals surface area (Å²) in [5, 5.41) is 11.3. The molecular formula is C19H26N6O4. The molecule has 0 bridgehead atoms. The van der Waals surface area contributed by atoms with E-state index in [1.54, 1.807) is 22.7 Å². The molecule has 2 aromatic heterocycles. The van der Waals surface area contributed by atoms with Crippen molar-refractivity contribution < 1.29 is 18.8 Å². The third-order valence-corrected chi connectivity index (χ3v) is 5.89. The lowest BCUT2D eigenvalue weighted by atomic mass is 9.80. The fraction of sp³-hybridized carbons (Fsp3) is 0.632. The molecule has 0 radical (unpaired) electrons. The van der Waals surface area contributed by atoms with Gasteiger partial charge < -0.3 is 19.5 Å². The number of aryl methyl sites for hydroxylation is 2. The van der Waals surface area contributed by atoms with Crippen molar-refractivity contribution in [1.29, 1.82) is 0 Å². The Morgan fingerprint density at radius 2 is 2.24 bits per heavy atom. The number of amides is 2. The van der Waals surface area contributed by atoms with E-state index in [1.165, 1.54) is 7.11 Å². The zero-order valence-electron chi connectivity index (χ0n) is 16.9. The van der Waals surface area contributed by atoms with Gasteiger partial charge in [0, 0.05) is 32.4 Å². The van der Waals surface area contributed by atoms with Gasteiger partial charge in [-0.1, -0.05) is 5.16 Å². The smallest absolute Gasteiger partial charge is 0.248 e. The molecule has 156 valence electrons. The normalized spacial score (nSPS) is 26.0. The minimum absolute atomic E-state index is 0.0176. The van der Waals surface area contributed by atoms with Crippen LogP contribution in [0, 0.1) is 19.8 Å². The fourth-order valence-corrected chi connectivity index (χ4v) is 4.69. The highest BCUT2D eigenvalue weighted by Gasteiger charge is 2.58. The van der Waals surface area contributed by atoms with E-state index in [0.717, 1.165) is 12.1 Å². The number of hydrogen-bond donors (Lipinski definition) is 1. The lowest BCUT2D eigenvalue weighted by molar-refractivity contribution is -0.134. The lowest BCUT2D eigenvalue weighted by Gasteiger charge is -2.25. The van der Waals surface area contributed by atoms with Crippen LogP contribution in [0.5, 0.6) is 0 Å². The largest absolute Gasteiger partial charge is 0.375 e. The van der Waals surface area contributed by atoms with Gasteiger partial charge in [-0.15, -0.1) is 0 Å². The number of nitrogens with zero attached hydrogens (tertiary/aromatic N) is 5. The van der Waals surface area contributed by atoms with Crippen LogP contribution in [-0.4, -0.2) is 69.5 Å². The van der Waals surface area contributed by atoms with Crippen molar-refractivity contribution in [1.82, 2.24) is 30.1 Å². The number of carbonyl (C=O) groups is 2. The van der Waals surface area contributed by atoms with E-state index >= 15 is 0 Å². The van der Waals surface area contributed by atoms with E-state index in [9.17, 15) is 9.59 Å². The maximum Gasteiger partial charge on any atom is 0.248 e. The van der Waals surface area contributed by atoms with Gasteiger partial charge in [-0.25, -0.2) is 0 Å². The molecule has 4 rings (SSSR count). The Bertz CT molecular complexity index is 908. The van der Waals surface area contributed by atoms with Crippen LogP contribution in [0.25, 0.3) is 0 Å². The molecule has 0 spiro atoms. The summed E-state index contributed by atoms with van der Waals surface area (Å²) in [5.74, 6) is 1.12. The lowest BCUT2D eigenvalue weighted by Crippen LogP contribution is -2.41. The van der Waals surface area contributed by atoms with Gasteiger partial charge in [0.25, 0.3) is 0 Å². The second kappa shape index (κ2) is 7.58. The molecule has 29 heavy (non-hydrogen) atoms. The van der Waals surface area contributed by atoms with Crippen molar-refractivity contribution >= 4 is 11.8 Å². The van der Waals surface area contributed by atoms with Gasteiger partial charge in [-0.3, -0.25) is 14.3 Å². The number of methoxy groups -OCH3 is 1. The number of aromatic nitrogens is 4. The minimum Gasteiger partial charge on any atom is -0.375 e. The summed E-state index contributed by atoms with van der Waals surface area (Å²) in [4.78, 5) is 31.2. The molecule has 10 heteroatoms. The zero-order chi connectivity index (χ0) is 20.6. The first kappa shape index (κ1) is 19.6. The number of likely N-dealkylation sites (tertiary alicyclic amines) is 1. The van der Waals surface area contributed by atoms with Crippen LogP contribution < -0.4 is 5.32 Å². The third kappa shape index (κ3) is 3.76. The Balaban J connectivity index is 1.48. The number of rotatable bonds is 6. The van der Waals surface area contributed by atoms with Crippen LogP contribution in [0.15, 0.2) is 16.8 Å². The SMILES string of the molecule is COCC(=O)N1CC2C[C@@H](NC(=O)Cn3ccc(C)n3)C[C@]2(c2nc(C)no2)C1. The van der Waals surface area contributed by atoms with Gasteiger partial charge in [0.05, 0.1) is 11.1 Å². The van der Waals surface area contributed by atoms with Gasteiger partial charge in [-0.2, -0.15) is 10.1 Å². The topological polar surface area (TPSA) is 115 Å². The first-order valence-electron chi connectivity index (χ1n) is 9.76. The van der Waals surface area contributed by atoms with Crippen LogP contribution in [0.4, 0.5) is 0 Å². The van der Waals surface area contributed by atoms with Gasteiger partial charge in [0.1, 0.15) is 13.2 Å². The predicted octanol–water partition coefficient (Wildman–Crippen LogP) is 0.204. The molecule has 1 saturated carbocycles. The van der Waals surface area contributed by atoms with Gasteiger partial charge in [-0.05, 0) is 38.7 Å². The summed E-state index contributed by atoms with van der Waals surface area (Å²) in [6, 6.07) is 1.85. The van der Waals surface area contributed by atoms with Gasteiger partial charge >= 0.3 is 0 Å². The first-order valence-corrected chi connectivity index (χ1v) is 9.76. The summed E-state index contributed by atoms with van der Waals surface area (Å²) in [6.45, 7) is 4.98. The van der Waals surface area contributed by atoms with Crippen LogP contribution >= 0.6 is 0 Å². The van der Waals surface area contributed by atoms with E-state index in [2.05, 4.69) is 20.6 Å². The maximum absolute atomic E-state index is 12.5. The number of fused-ring (bicyclic) bond motifs is 1. The van der Waals surface area contributed by atoms with Crippen molar-refractivity contribution in [2.24, 2.45) is 5.92 Å². The van der Waals surface area contributed by atoms with Gasteiger partial charge in [0.2, 0.25) is 17.7 Å². The molecule has 10 nitrogen and oxygen atoms in total. The highest BCUT2D eigenvalue weighted by atomic mass is 16.5. The molecule has 1 unspecified atom stereocenters. The molecule has 1 saturated heterocycles. The molecule has 1 N–H and O–H groups in total. The second-order valence-corrected chi connectivity index (χ2v) is 8.07. The Morgan fingerprint density at radius 3 is 2.90 bits per heavy atom. The second-order valence-electron chi connectivity index (χ2n) is 8.07. The van der Waals surface area contributed by atoms with E-state index in [4.69, 9.17) is 9.26 Å². The van der Waals surface area contributed by atoms with Crippen LogP contribution in [0.3, 0.4) is 0 Å². The number of carbonyl (C=O) groups excluding carboxylic acids is 2. The zero-order valence-corrected chi connectivity index (χ0v) is 16.9. The highest BCUT2D eigenvalue weighted by molar-refractivity contribution is 5.78. The standard InChI is InChI=1S/C19H26N6O4/c1-12-4-5-25(22-12)9-16(26)21-15-6-14-8-24(17(27)10-28-3)11-19(14,7-15)18-20-13(2)23-29-18/h4-5,14-15H,6-11H2,1-3H3,(H,21,26)/t14?,15-,19+/m1/s1. The van der Waals surface area contributed by atoms with E-state index in [-0.39, 0.29) is 36.9 Å². The maximum atomic E-state index is 12.5. The average molecular weight is 402 g/mol. The van der Waals surface area contributed by atoms with E-state index in [1.807, 2.05) is 13.0 Å².